The summed E-state index contributed by atoms with van der Waals surface area (Å²) in [6.45, 7) is 4.17. The summed E-state index contributed by atoms with van der Waals surface area (Å²) in [7, 11) is 0. The highest BCUT2D eigenvalue weighted by atomic mass is 19.1. The van der Waals surface area contributed by atoms with Crippen LogP contribution in [0.1, 0.15) is 95.1 Å². The summed E-state index contributed by atoms with van der Waals surface area (Å²) in [5, 5.41) is 1.86. The number of fused-ring (bicyclic) bond motifs is 1. The third-order valence-electron chi connectivity index (χ3n) is 8.10. The van der Waals surface area contributed by atoms with Crippen LogP contribution in [-0.4, -0.2) is 0 Å². The zero-order valence-corrected chi connectivity index (χ0v) is 19.0. The van der Waals surface area contributed by atoms with Gasteiger partial charge in [0.15, 0.2) is 0 Å². The van der Waals surface area contributed by atoms with Crippen LogP contribution in [-0.2, 0) is 6.42 Å². The molecule has 0 nitrogen and oxygen atoms in total. The highest BCUT2D eigenvalue weighted by Gasteiger charge is 2.25. The molecular formula is C29H39F. The molecule has 0 amide bonds. The van der Waals surface area contributed by atoms with E-state index in [1.165, 1.54) is 69.8 Å². The molecule has 0 N–H and O–H groups in total. The Morgan fingerprint density at radius 1 is 0.867 bits per heavy atom. The first-order valence-electron chi connectivity index (χ1n) is 12.5. The molecule has 2 aromatic carbocycles. The zero-order valence-electron chi connectivity index (χ0n) is 19.0. The molecule has 0 saturated heterocycles. The molecular weight excluding hydrogens is 367 g/mol. The lowest BCUT2D eigenvalue weighted by atomic mass is 9.74. The van der Waals surface area contributed by atoms with Crippen molar-refractivity contribution in [2.24, 2.45) is 17.8 Å². The van der Waals surface area contributed by atoms with Crippen LogP contribution in [0.4, 0.5) is 4.39 Å². The van der Waals surface area contributed by atoms with Gasteiger partial charge in [-0.05, 0) is 105 Å². The molecule has 4 rings (SSSR count). The maximum absolute atomic E-state index is 14.6. The van der Waals surface area contributed by atoms with Gasteiger partial charge in [-0.15, -0.1) is 0 Å². The van der Waals surface area contributed by atoms with Crippen molar-refractivity contribution in [1.82, 2.24) is 0 Å². The van der Waals surface area contributed by atoms with E-state index in [0.29, 0.717) is 5.92 Å². The second kappa shape index (κ2) is 10.1. The van der Waals surface area contributed by atoms with Crippen molar-refractivity contribution in [3.05, 3.63) is 59.4 Å². The molecule has 0 aromatic heterocycles. The molecule has 0 atom stereocenters. The van der Waals surface area contributed by atoms with E-state index in [1.807, 2.05) is 19.1 Å². The van der Waals surface area contributed by atoms with Gasteiger partial charge in [0.2, 0.25) is 0 Å². The van der Waals surface area contributed by atoms with E-state index < -0.39 is 0 Å². The van der Waals surface area contributed by atoms with Crippen molar-refractivity contribution in [3.8, 4) is 0 Å². The average Bonchev–Trinajstić information content (AvgIpc) is 2.79. The Bertz CT molecular complexity index is 848. The van der Waals surface area contributed by atoms with Gasteiger partial charge >= 0.3 is 0 Å². The summed E-state index contributed by atoms with van der Waals surface area (Å²) in [5.41, 5.74) is 2.25. The molecule has 2 fully saturated rings. The Hall–Kier alpha value is -1.63. The van der Waals surface area contributed by atoms with Gasteiger partial charge in [-0.3, -0.25) is 0 Å². The number of hydrogen-bond donors (Lipinski definition) is 0. The number of allylic oxidation sites excluding steroid dienone is 2. The van der Waals surface area contributed by atoms with Crippen LogP contribution in [0.2, 0.25) is 0 Å². The Morgan fingerprint density at radius 3 is 2.17 bits per heavy atom. The Kier molecular flexibility index (Phi) is 7.28. The largest absolute Gasteiger partial charge is 0.206 e. The molecule has 2 aromatic rings. The van der Waals surface area contributed by atoms with E-state index >= 15 is 0 Å². The van der Waals surface area contributed by atoms with E-state index in [2.05, 4.69) is 37.3 Å². The van der Waals surface area contributed by atoms with Gasteiger partial charge in [-0.25, -0.2) is 4.39 Å². The SMILES string of the molecule is C/C=C/C1CCC(CCC2CCC(c3ccc4c(F)c(CC)ccc4c3)CC2)CC1. The van der Waals surface area contributed by atoms with E-state index in [-0.39, 0.29) is 5.82 Å². The molecule has 0 aliphatic heterocycles. The predicted octanol–water partition coefficient (Wildman–Crippen LogP) is 8.98. The second-order valence-electron chi connectivity index (χ2n) is 9.97. The summed E-state index contributed by atoms with van der Waals surface area (Å²) in [4.78, 5) is 0. The quantitative estimate of drug-likeness (QED) is 0.420. The van der Waals surface area contributed by atoms with Crippen LogP contribution < -0.4 is 0 Å². The lowest BCUT2D eigenvalue weighted by molar-refractivity contribution is 0.246. The first-order valence-corrected chi connectivity index (χ1v) is 12.5. The van der Waals surface area contributed by atoms with Crippen LogP contribution in [0.3, 0.4) is 0 Å². The topological polar surface area (TPSA) is 0 Å². The van der Waals surface area contributed by atoms with Gasteiger partial charge in [0.1, 0.15) is 5.82 Å². The van der Waals surface area contributed by atoms with E-state index in [0.717, 1.165) is 40.5 Å². The maximum Gasteiger partial charge on any atom is 0.134 e. The van der Waals surface area contributed by atoms with Crippen LogP contribution >= 0.6 is 0 Å². The highest BCUT2D eigenvalue weighted by molar-refractivity contribution is 5.84. The molecule has 30 heavy (non-hydrogen) atoms. The average molecular weight is 407 g/mol. The summed E-state index contributed by atoms with van der Waals surface area (Å²) >= 11 is 0. The molecule has 0 heterocycles. The third kappa shape index (κ3) is 4.98. The molecule has 1 heteroatoms. The smallest absolute Gasteiger partial charge is 0.134 e. The number of hydrogen-bond acceptors (Lipinski definition) is 0. The second-order valence-corrected chi connectivity index (χ2v) is 9.97. The number of halogens is 1. The van der Waals surface area contributed by atoms with Crippen LogP contribution in [0.5, 0.6) is 0 Å². The molecule has 0 unspecified atom stereocenters. The van der Waals surface area contributed by atoms with Crippen LogP contribution in [0.25, 0.3) is 10.8 Å². The van der Waals surface area contributed by atoms with Gasteiger partial charge in [0, 0.05) is 5.39 Å². The summed E-state index contributed by atoms with van der Waals surface area (Å²) in [5.74, 6) is 3.40. The zero-order chi connectivity index (χ0) is 20.9. The van der Waals surface area contributed by atoms with Gasteiger partial charge < -0.3 is 0 Å². The first-order chi connectivity index (χ1) is 14.7. The summed E-state index contributed by atoms with van der Waals surface area (Å²) in [6.07, 6.45) is 19.4. The van der Waals surface area contributed by atoms with Gasteiger partial charge in [0.05, 0.1) is 0 Å². The van der Waals surface area contributed by atoms with Gasteiger partial charge in [-0.2, -0.15) is 0 Å². The van der Waals surface area contributed by atoms with Crippen LogP contribution in [0, 0.1) is 23.6 Å². The Labute approximate surface area is 183 Å². The minimum absolute atomic E-state index is 0.0231. The van der Waals surface area contributed by atoms with Crippen molar-refractivity contribution in [1.29, 1.82) is 0 Å². The third-order valence-corrected chi connectivity index (χ3v) is 8.10. The predicted molar refractivity (Wildman–Crippen MR) is 127 cm³/mol. The highest BCUT2D eigenvalue weighted by Crippen LogP contribution is 2.40. The standard InChI is InChI=1S/C29H39F/c1-3-5-21-6-8-22(9-7-21)10-11-23-12-14-25(15-13-23)26-18-19-28-27(20-26)17-16-24(4-2)29(28)30/h3,5,16-23,25H,4,6-15H2,1-2H3/b5-3+. The number of rotatable bonds is 6. The van der Waals surface area contributed by atoms with Crippen LogP contribution in [0.15, 0.2) is 42.5 Å². The fourth-order valence-corrected chi connectivity index (χ4v) is 6.08. The lowest BCUT2D eigenvalue weighted by Gasteiger charge is -2.31. The maximum atomic E-state index is 14.6. The molecule has 0 radical (unpaired) electrons. The molecule has 2 aliphatic rings. The lowest BCUT2D eigenvalue weighted by Crippen LogP contribution is -2.17. The fourth-order valence-electron chi connectivity index (χ4n) is 6.08. The fraction of sp³-hybridized carbons (Fsp3) is 0.586. The minimum Gasteiger partial charge on any atom is -0.206 e. The number of benzene rings is 2. The van der Waals surface area contributed by atoms with Crippen molar-refractivity contribution in [2.75, 3.05) is 0 Å². The van der Waals surface area contributed by atoms with Gasteiger partial charge in [-0.1, -0.05) is 62.2 Å². The molecule has 2 aliphatic carbocycles. The van der Waals surface area contributed by atoms with E-state index in [9.17, 15) is 4.39 Å². The molecule has 2 saturated carbocycles. The molecule has 0 spiro atoms. The van der Waals surface area contributed by atoms with Gasteiger partial charge in [0.25, 0.3) is 0 Å². The molecule has 0 bridgehead atoms. The minimum atomic E-state index is -0.0231. The van der Waals surface area contributed by atoms with E-state index in [4.69, 9.17) is 0 Å². The van der Waals surface area contributed by atoms with E-state index in [1.54, 1.807) is 0 Å². The Balaban J connectivity index is 1.27. The van der Waals surface area contributed by atoms with Crippen molar-refractivity contribution in [3.63, 3.8) is 0 Å². The number of aryl methyl sites for hydroxylation is 1. The Morgan fingerprint density at radius 2 is 1.53 bits per heavy atom. The van der Waals surface area contributed by atoms with Crippen molar-refractivity contribution in [2.45, 2.75) is 90.4 Å². The first kappa shape index (κ1) is 21.6. The monoisotopic (exact) mass is 406 g/mol. The summed E-state index contributed by atoms with van der Waals surface area (Å²) < 4.78 is 14.6. The summed E-state index contributed by atoms with van der Waals surface area (Å²) in [6, 6.07) is 10.5. The van der Waals surface area contributed by atoms with Crippen molar-refractivity contribution < 1.29 is 4.39 Å². The normalized spacial score (nSPS) is 27.7. The van der Waals surface area contributed by atoms with Crippen molar-refractivity contribution >= 4 is 10.8 Å². The molecule has 162 valence electrons.